The van der Waals surface area contributed by atoms with Crippen LogP contribution in [0.2, 0.25) is 0 Å². The third-order valence-corrected chi connectivity index (χ3v) is 4.91. The van der Waals surface area contributed by atoms with Crippen LogP contribution in [0.5, 0.6) is 5.75 Å². The quantitative estimate of drug-likeness (QED) is 0.860. The predicted octanol–water partition coefficient (Wildman–Crippen LogP) is 2.81. The average Bonchev–Trinajstić information content (AvgIpc) is 2.40. The zero-order chi connectivity index (χ0) is 13.7. The Labute approximate surface area is 127 Å². The molecule has 0 atom stereocenters. The lowest BCUT2D eigenvalue weighted by Crippen LogP contribution is -2.43. The molecule has 0 aliphatic carbocycles. The van der Waals surface area contributed by atoms with Gasteiger partial charge >= 0.3 is 0 Å². The van der Waals surface area contributed by atoms with Gasteiger partial charge in [-0.3, -0.25) is 0 Å². The second kappa shape index (κ2) is 6.97. The molecule has 5 heteroatoms. The summed E-state index contributed by atoms with van der Waals surface area (Å²) in [4.78, 5) is 0. The molecule has 106 valence electrons. The van der Waals surface area contributed by atoms with E-state index in [0.29, 0.717) is 13.1 Å². The summed E-state index contributed by atoms with van der Waals surface area (Å²) in [5.74, 6) is 2.98. The van der Waals surface area contributed by atoms with Crippen molar-refractivity contribution in [3.05, 3.63) is 28.2 Å². The van der Waals surface area contributed by atoms with Crippen LogP contribution in [0.15, 0.2) is 22.7 Å². The second-order valence-corrected chi connectivity index (χ2v) is 7.04. The Morgan fingerprint density at radius 1 is 1.42 bits per heavy atom. The summed E-state index contributed by atoms with van der Waals surface area (Å²) in [6, 6.07) is 5.97. The van der Waals surface area contributed by atoms with Crippen LogP contribution in [-0.2, 0) is 6.54 Å². The van der Waals surface area contributed by atoms with Gasteiger partial charge in [-0.2, -0.15) is 11.8 Å². The molecule has 1 heterocycles. The topological polar surface area (TPSA) is 41.5 Å². The number of nitrogens with one attached hydrogen (secondary N) is 1. The van der Waals surface area contributed by atoms with Gasteiger partial charge in [0.05, 0.1) is 12.7 Å². The number of methoxy groups -OCH3 is 1. The lowest BCUT2D eigenvalue weighted by molar-refractivity contribution is 0.0320. The molecule has 2 N–H and O–H groups in total. The van der Waals surface area contributed by atoms with Crippen molar-refractivity contribution in [3.8, 4) is 5.75 Å². The highest BCUT2D eigenvalue weighted by Gasteiger charge is 2.28. The molecule has 19 heavy (non-hydrogen) atoms. The number of rotatable bonds is 5. The minimum atomic E-state index is -0.537. The molecule has 2 rings (SSSR count). The van der Waals surface area contributed by atoms with Crippen molar-refractivity contribution in [1.82, 2.24) is 5.32 Å². The van der Waals surface area contributed by atoms with E-state index in [4.69, 9.17) is 4.74 Å². The van der Waals surface area contributed by atoms with Crippen LogP contribution in [0.3, 0.4) is 0 Å². The zero-order valence-electron chi connectivity index (χ0n) is 11.1. The monoisotopic (exact) mass is 345 g/mol. The Morgan fingerprint density at radius 2 is 2.16 bits per heavy atom. The van der Waals surface area contributed by atoms with Gasteiger partial charge in [0.1, 0.15) is 5.75 Å². The van der Waals surface area contributed by atoms with E-state index in [0.717, 1.165) is 40.1 Å². The molecule has 1 aliphatic rings. The summed E-state index contributed by atoms with van der Waals surface area (Å²) in [7, 11) is 1.68. The van der Waals surface area contributed by atoms with Crippen LogP contribution in [0, 0.1) is 0 Å². The Balaban J connectivity index is 1.90. The van der Waals surface area contributed by atoms with Gasteiger partial charge in [-0.1, -0.05) is 15.9 Å². The molecule has 0 aromatic heterocycles. The number of hydrogen-bond acceptors (Lipinski definition) is 4. The maximum absolute atomic E-state index is 10.4. The molecule has 0 bridgehead atoms. The van der Waals surface area contributed by atoms with Crippen LogP contribution < -0.4 is 10.1 Å². The summed E-state index contributed by atoms with van der Waals surface area (Å²) in [5, 5.41) is 13.8. The van der Waals surface area contributed by atoms with Crippen molar-refractivity contribution in [2.75, 3.05) is 25.2 Å². The number of benzene rings is 1. The van der Waals surface area contributed by atoms with E-state index in [1.54, 1.807) is 7.11 Å². The molecule has 0 unspecified atom stereocenters. The first kappa shape index (κ1) is 15.2. The van der Waals surface area contributed by atoms with Crippen molar-refractivity contribution >= 4 is 27.7 Å². The van der Waals surface area contributed by atoms with Crippen molar-refractivity contribution in [1.29, 1.82) is 0 Å². The van der Waals surface area contributed by atoms with Gasteiger partial charge in [-0.25, -0.2) is 0 Å². The fourth-order valence-electron chi connectivity index (χ4n) is 2.24. The van der Waals surface area contributed by atoms with Gasteiger partial charge in [0.15, 0.2) is 0 Å². The standard InChI is InChI=1S/C14H20BrNO2S/c1-18-13-3-2-12(15)8-11(13)9-16-10-14(17)4-6-19-7-5-14/h2-3,8,16-17H,4-7,9-10H2,1H3. The molecule has 0 radical (unpaired) electrons. The molecule has 0 amide bonds. The predicted molar refractivity (Wildman–Crippen MR) is 83.9 cm³/mol. The number of hydrogen-bond donors (Lipinski definition) is 2. The van der Waals surface area contributed by atoms with E-state index in [2.05, 4.69) is 21.2 Å². The molecule has 1 aromatic carbocycles. The Morgan fingerprint density at radius 3 is 2.84 bits per heavy atom. The highest BCUT2D eigenvalue weighted by Crippen LogP contribution is 2.27. The molecule has 1 fully saturated rings. The summed E-state index contributed by atoms with van der Waals surface area (Å²) in [5.41, 5.74) is 0.565. The van der Waals surface area contributed by atoms with E-state index in [9.17, 15) is 5.11 Å². The third-order valence-electron chi connectivity index (χ3n) is 3.44. The minimum Gasteiger partial charge on any atom is -0.496 e. The van der Waals surface area contributed by atoms with Crippen molar-refractivity contribution in [2.24, 2.45) is 0 Å². The van der Waals surface area contributed by atoms with E-state index in [-0.39, 0.29) is 0 Å². The normalized spacial score (nSPS) is 18.3. The first-order valence-corrected chi connectivity index (χ1v) is 8.41. The van der Waals surface area contributed by atoms with E-state index in [1.165, 1.54) is 0 Å². The fraction of sp³-hybridized carbons (Fsp3) is 0.571. The number of aliphatic hydroxyl groups is 1. The van der Waals surface area contributed by atoms with Crippen LogP contribution in [0.1, 0.15) is 18.4 Å². The van der Waals surface area contributed by atoms with Crippen LogP contribution in [0.25, 0.3) is 0 Å². The largest absolute Gasteiger partial charge is 0.496 e. The number of ether oxygens (including phenoxy) is 1. The lowest BCUT2D eigenvalue weighted by atomic mass is 9.97. The molecular formula is C14H20BrNO2S. The van der Waals surface area contributed by atoms with Crippen LogP contribution in [-0.4, -0.2) is 35.9 Å². The molecular weight excluding hydrogens is 326 g/mol. The molecule has 3 nitrogen and oxygen atoms in total. The SMILES string of the molecule is COc1ccc(Br)cc1CNCC1(O)CCSCC1. The van der Waals surface area contributed by atoms with Crippen LogP contribution in [0.4, 0.5) is 0 Å². The summed E-state index contributed by atoms with van der Waals surface area (Å²) in [6.07, 6.45) is 1.75. The van der Waals surface area contributed by atoms with Crippen LogP contribution >= 0.6 is 27.7 Å². The molecule has 1 saturated heterocycles. The maximum atomic E-state index is 10.4. The van der Waals surface area contributed by atoms with Gasteiger partial charge in [-0.05, 0) is 42.5 Å². The fourth-order valence-corrected chi connectivity index (χ4v) is 3.90. The summed E-state index contributed by atoms with van der Waals surface area (Å²) < 4.78 is 6.38. The van der Waals surface area contributed by atoms with Crippen molar-refractivity contribution in [2.45, 2.75) is 25.0 Å². The molecule has 0 saturated carbocycles. The average molecular weight is 346 g/mol. The van der Waals surface area contributed by atoms with Crippen molar-refractivity contribution < 1.29 is 9.84 Å². The highest BCUT2D eigenvalue weighted by molar-refractivity contribution is 9.10. The first-order chi connectivity index (χ1) is 9.13. The highest BCUT2D eigenvalue weighted by atomic mass is 79.9. The smallest absolute Gasteiger partial charge is 0.123 e. The maximum Gasteiger partial charge on any atom is 0.123 e. The Bertz CT molecular complexity index is 422. The van der Waals surface area contributed by atoms with Gasteiger partial charge in [0.2, 0.25) is 0 Å². The van der Waals surface area contributed by atoms with Gasteiger partial charge in [-0.15, -0.1) is 0 Å². The molecule has 0 spiro atoms. The van der Waals surface area contributed by atoms with Gasteiger partial charge < -0.3 is 15.2 Å². The van der Waals surface area contributed by atoms with Crippen molar-refractivity contribution in [3.63, 3.8) is 0 Å². The molecule has 1 aliphatic heterocycles. The van der Waals surface area contributed by atoms with E-state index < -0.39 is 5.60 Å². The Kier molecular flexibility index (Phi) is 5.57. The first-order valence-electron chi connectivity index (χ1n) is 6.46. The lowest BCUT2D eigenvalue weighted by Gasteiger charge is -2.32. The minimum absolute atomic E-state index is 0.537. The zero-order valence-corrected chi connectivity index (χ0v) is 13.5. The number of thioether (sulfide) groups is 1. The Hall–Kier alpha value is -0.230. The third kappa shape index (κ3) is 4.38. The van der Waals surface area contributed by atoms with E-state index >= 15 is 0 Å². The van der Waals surface area contributed by atoms with Gasteiger partial charge in [0.25, 0.3) is 0 Å². The summed E-state index contributed by atoms with van der Waals surface area (Å²) >= 11 is 5.39. The molecule has 1 aromatic rings. The number of halogens is 1. The second-order valence-electron chi connectivity index (χ2n) is 4.90. The summed E-state index contributed by atoms with van der Waals surface area (Å²) in [6.45, 7) is 1.35. The van der Waals surface area contributed by atoms with E-state index in [1.807, 2.05) is 30.0 Å². The van der Waals surface area contributed by atoms with Gasteiger partial charge in [0, 0.05) is 23.1 Å².